The molecule has 7 heteroatoms. The zero-order valence-corrected chi connectivity index (χ0v) is 10.8. The minimum atomic E-state index is -3.90. The van der Waals surface area contributed by atoms with Crippen molar-refractivity contribution in [3.63, 3.8) is 0 Å². The number of sulfonamides is 1. The number of carboxylic acids is 1. The maximum atomic E-state index is 13.2. The molecule has 0 unspecified atom stereocenters. The zero-order valence-electron chi connectivity index (χ0n) is 9.97. The molecule has 0 aliphatic heterocycles. The van der Waals surface area contributed by atoms with E-state index in [0.717, 1.165) is 6.07 Å². The fourth-order valence-corrected chi connectivity index (χ4v) is 2.39. The van der Waals surface area contributed by atoms with Gasteiger partial charge in [-0.05, 0) is 32.0 Å². The highest BCUT2D eigenvalue weighted by atomic mass is 32.2. The van der Waals surface area contributed by atoms with Gasteiger partial charge in [0, 0.05) is 6.54 Å². The Morgan fingerprint density at radius 2 is 2.06 bits per heavy atom. The number of hydrogen-bond acceptors (Lipinski definition) is 3. The van der Waals surface area contributed by atoms with Crippen LogP contribution >= 0.6 is 0 Å². The molecule has 18 heavy (non-hydrogen) atoms. The van der Waals surface area contributed by atoms with Crippen LogP contribution in [0.4, 0.5) is 4.39 Å². The van der Waals surface area contributed by atoms with Gasteiger partial charge in [-0.3, -0.25) is 0 Å². The van der Waals surface area contributed by atoms with Crippen LogP contribution in [0, 0.1) is 0 Å². The highest BCUT2D eigenvalue weighted by molar-refractivity contribution is 7.89. The number of rotatable bonds is 5. The predicted octanol–water partition coefficient (Wildman–Crippen LogP) is 1.41. The Labute approximate surface area is 105 Å². The molecule has 5 nitrogen and oxygen atoms in total. The normalized spacial score (nSPS) is 12.4. The first kappa shape index (κ1) is 14.6. The van der Waals surface area contributed by atoms with E-state index in [1.165, 1.54) is 32.0 Å². The van der Waals surface area contributed by atoms with E-state index >= 15 is 0 Å². The fourth-order valence-electron chi connectivity index (χ4n) is 1.15. The third kappa shape index (κ3) is 4.08. The van der Waals surface area contributed by atoms with Crippen LogP contribution in [0.2, 0.25) is 0 Å². The van der Waals surface area contributed by atoms with Crippen LogP contribution in [0.25, 0.3) is 0 Å². The number of hydrogen-bond donors (Lipinski definition) is 2. The third-order valence-corrected chi connectivity index (χ3v) is 3.47. The summed E-state index contributed by atoms with van der Waals surface area (Å²) in [6.07, 6.45) is 0. The van der Waals surface area contributed by atoms with Crippen LogP contribution in [0.5, 0.6) is 0 Å². The Morgan fingerprint density at radius 1 is 1.44 bits per heavy atom. The van der Waals surface area contributed by atoms with Crippen molar-refractivity contribution in [3.8, 4) is 0 Å². The molecule has 0 aromatic heterocycles. The van der Waals surface area contributed by atoms with Crippen LogP contribution in [0.15, 0.2) is 29.2 Å². The number of nitrogens with one attached hydrogen (secondary N) is 1. The first-order chi connectivity index (χ1) is 8.12. The highest BCUT2D eigenvalue weighted by Gasteiger charge is 2.21. The topological polar surface area (TPSA) is 83.5 Å². The molecule has 0 aliphatic carbocycles. The van der Waals surface area contributed by atoms with Crippen molar-refractivity contribution >= 4 is 16.0 Å². The van der Waals surface area contributed by atoms with E-state index in [1.54, 1.807) is 0 Å². The van der Waals surface area contributed by atoms with E-state index in [9.17, 15) is 17.6 Å². The van der Waals surface area contributed by atoms with Crippen molar-refractivity contribution < 1.29 is 22.7 Å². The van der Waals surface area contributed by atoms with Gasteiger partial charge < -0.3 is 5.11 Å². The molecule has 0 fully saturated rings. The molecule has 0 spiro atoms. The maximum Gasteiger partial charge on any atom is 0.335 e. The molecule has 1 rings (SSSR count). The van der Waals surface area contributed by atoms with Gasteiger partial charge in [-0.15, -0.1) is 0 Å². The molecule has 0 aliphatic rings. The Morgan fingerprint density at radius 3 is 2.56 bits per heavy atom. The van der Waals surface area contributed by atoms with Gasteiger partial charge in [0.1, 0.15) is 5.67 Å². The van der Waals surface area contributed by atoms with Crippen LogP contribution < -0.4 is 4.72 Å². The Kier molecular flexibility index (Phi) is 4.08. The summed E-state index contributed by atoms with van der Waals surface area (Å²) in [7, 11) is -3.90. The van der Waals surface area contributed by atoms with Gasteiger partial charge in [0.2, 0.25) is 10.0 Å². The second-order valence-electron chi connectivity index (χ2n) is 4.38. The van der Waals surface area contributed by atoms with E-state index in [2.05, 4.69) is 4.72 Å². The van der Waals surface area contributed by atoms with E-state index in [0.29, 0.717) is 0 Å². The quantitative estimate of drug-likeness (QED) is 0.851. The Bertz CT molecular complexity index is 548. The van der Waals surface area contributed by atoms with Gasteiger partial charge >= 0.3 is 5.97 Å². The minimum Gasteiger partial charge on any atom is -0.478 e. The lowest BCUT2D eigenvalue weighted by Gasteiger charge is -2.15. The number of aromatic carboxylic acids is 1. The van der Waals surface area contributed by atoms with E-state index < -0.39 is 21.7 Å². The minimum absolute atomic E-state index is 0.141. The average Bonchev–Trinajstić information content (AvgIpc) is 2.26. The van der Waals surface area contributed by atoms with Crippen molar-refractivity contribution in [3.05, 3.63) is 29.8 Å². The molecule has 1 aromatic rings. The molecule has 0 saturated carbocycles. The summed E-state index contributed by atoms with van der Waals surface area (Å²) in [5.41, 5.74) is -1.82. The van der Waals surface area contributed by atoms with E-state index in [-0.39, 0.29) is 17.0 Å². The van der Waals surface area contributed by atoms with Gasteiger partial charge in [0.15, 0.2) is 0 Å². The van der Waals surface area contributed by atoms with Crippen molar-refractivity contribution in [2.24, 2.45) is 0 Å². The summed E-state index contributed by atoms with van der Waals surface area (Å²) in [5.74, 6) is -1.22. The van der Waals surface area contributed by atoms with E-state index in [4.69, 9.17) is 5.11 Å². The van der Waals surface area contributed by atoms with Gasteiger partial charge in [-0.2, -0.15) is 0 Å². The number of carbonyl (C=O) groups is 1. The summed E-state index contributed by atoms with van der Waals surface area (Å²) in [4.78, 5) is 10.5. The number of benzene rings is 1. The lowest BCUT2D eigenvalue weighted by Crippen LogP contribution is -2.35. The second-order valence-corrected chi connectivity index (χ2v) is 6.14. The van der Waals surface area contributed by atoms with E-state index in [1.807, 2.05) is 0 Å². The lowest BCUT2D eigenvalue weighted by molar-refractivity contribution is 0.0696. The second kappa shape index (κ2) is 5.03. The smallest absolute Gasteiger partial charge is 0.335 e. The largest absolute Gasteiger partial charge is 0.478 e. The summed E-state index contributed by atoms with van der Waals surface area (Å²) in [6.45, 7) is 2.10. The summed E-state index contributed by atoms with van der Waals surface area (Å²) < 4.78 is 38.9. The molecule has 0 amide bonds. The van der Waals surface area contributed by atoms with Crippen molar-refractivity contribution in [1.29, 1.82) is 0 Å². The highest BCUT2D eigenvalue weighted by Crippen LogP contribution is 2.13. The zero-order chi connectivity index (χ0) is 14.0. The summed E-state index contributed by atoms with van der Waals surface area (Å²) in [6, 6.07) is 4.87. The van der Waals surface area contributed by atoms with Gasteiger partial charge in [0.05, 0.1) is 10.5 Å². The number of carboxylic acid groups (broad SMARTS) is 1. The summed E-state index contributed by atoms with van der Waals surface area (Å²) in [5, 5.41) is 8.76. The molecular formula is C11H14FNO4S. The third-order valence-electron chi connectivity index (χ3n) is 2.07. The molecule has 1 aromatic carbocycles. The van der Waals surface area contributed by atoms with Crippen LogP contribution in [0.1, 0.15) is 24.2 Å². The standard InChI is InChI=1S/C11H14FNO4S/c1-11(2,12)7-13-18(16,17)9-5-3-4-8(6-9)10(14)15/h3-6,13H,7H2,1-2H3,(H,14,15). The van der Waals surface area contributed by atoms with Crippen molar-refractivity contribution in [2.45, 2.75) is 24.4 Å². The lowest BCUT2D eigenvalue weighted by atomic mass is 10.2. The van der Waals surface area contributed by atoms with Crippen molar-refractivity contribution in [2.75, 3.05) is 6.54 Å². The molecule has 0 radical (unpaired) electrons. The van der Waals surface area contributed by atoms with Gasteiger partial charge in [-0.25, -0.2) is 22.3 Å². The number of alkyl halides is 1. The van der Waals surface area contributed by atoms with Crippen LogP contribution in [-0.4, -0.2) is 31.7 Å². The first-order valence-corrected chi connectivity index (χ1v) is 6.62. The average molecular weight is 275 g/mol. The Hall–Kier alpha value is -1.47. The fraction of sp³-hybridized carbons (Fsp3) is 0.364. The first-order valence-electron chi connectivity index (χ1n) is 5.14. The van der Waals surface area contributed by atoms with Crippen molar-refractivity contribution in [1.82, 2.24) is 4.72 Å². The van der Waals surface area contributed by atoms with Gasteiger partial charge in [-0.1, -0.05) is 6.07 Å². The maximum absolute atomic E-state index is 13.2. The molecule has 0 heterocycles. The number of halogens is 1. The molecule has 0 saturated heterocycles. The van der Waals surface area contributed by atoms with Gasteiger partial charge in [0.25, 0.3) is 0 Å². The molecule has 2 N–H and O–H groups in total. The Balaban J connectivity index is 2.99. The SMILES string of the molecule is CC(C)(F)CNS(=O)(=O)c1cccc(C(=O)O)c1. The van der Waals surface area contributed by atoms with Crippen LogP contribution in [-0.2, 0) is 10.0 Å². The summed E-state index contributed by atoms with van der Waals surface area (Å²) >= 11 is 0. The molecule has 100 valence electrons. The molecule has 0 atom stereocenters. The molecule has 0 bridgehead atoms. The monoisotopic (exact) mass is 275 g/mol. The molecular weight excluding hydrogens is 261 g/mol. The predicted molar refractivity (Wildman–Crippen MR) is 63.8 cm³/mol. The van der Waals surface area contributed by atoms with Crippen LogP contribution in [0.3, 0.4) is 0 Å².